The molecule has 4 atom stereocenters. The molecule has 2 aliphatic carbocycles. The number of rotatable bonds is 5. The molecule has 0 aliphatic heterocycles. The normalized spacial score (nSPS) is 31.8. The lowest BCUT2D eigenvalue weighted by molar-refractivity contribution is -0.155. The Kier molecular flexibility index (Phi) is 3.99. The van der Waals surface area contributed by atoms with Gasteiger partial charge in [0, 0.05) is 6.54 Å². The summed E-state index contributed by atoms with van der Waals surface area (Å²) in [5, 5.41) is 23.3. The molecule has 6 nitrogen and oxygen atoms in total. The van der Waals surface area contributed by atoms with Crippen molar-refractivity contribution in [2.45, 2.75) is 38.2 Å². The highest BCUT2D eigenvalue weighted by atomic mass is 16.4. The van der Waals surface area contributed by atoms with E-state index in [-0.39, 0.29) is 6.54 Å². The Morgan fingerprint density at radius 1 is 1.26 bits per heavy atom. The zero-order chi connectivity index (χ0) is 14.0. The Morgan fingerprint density at radius 2 is 2.00 bits per heavy atom. The molecular weight excluding hydrogens is 248 g/mol. The van der Waals surface area contributed by atoms with Crippen LogP contribution in [-0.4, -0.2) is 40.9 Å². The Bertz CT molecular complexity index is 370. The van der Waals surface area contributed by atoms with Crippen LogP contribution in [0.25, 0.3) is 0 Å². The standard InChI is InChI=1S/C13H22N2O4/c1-13(19,11(16)17)7-15-12(18)14-6-10-5-8-2-3-9(10)4-8/h8-10,19H,2-7H2,1H3,(H,16,17)(H2,14,15,18). The van der Waals surface area contributed by atoms with Crippen LogP contribution in [0.5, 0.6) is 0 Å². The number of fused-ring (bicyclic) bond motifs is 2. The predicted molar refractivity (Wildman–Crippen MR) is 68.6 cm³/mol. The molecular formula is C13H22N2O4. The molecule has 2 amide bonds. The van der Waals surface area contributed by atoms with Crippen LogP contribution >= 0.6 is 0 Å². The number of aliphatic hydroxyl groups is 1. The topological polar surface area (TPSA) is 98.7 Å². The zero-order valence-electron chi connectivity index (χ0n) is 11.2. The summed E-state index contributed by atoms with van der Waals surface area (Å²) in [6, 6.07) is -0.413. The van der Waals surface area contributed by atoms with Gasteiger partial charge in [0.25, 0.3) is 0 Å². The second-order valence-electron chi connectivity index (χ2n) is 6.08. The number of nitrogens with one attached hydrogen (secondary N) is 2. The van der Waals surface area contributed by atoms with E-state index in [1.165, 1.54) is 25.7 Å². The average molecular weight is 270 g/mol. The van der Waals surface area contributed by atoms with Crippen LogP contribution in [0.1, 0.15) is 32.6 Å². The van der Waals surface area contributed by atoms with Crippen molar-refractivity contribution in [1.82, 2.24) is 10.6 Å². The molecule has 19 heavy (non-hydrogen) atoms. The van der Waals surface area contributed by atoms with E-state index < -0.39 is 17.6 Å². The first-order chi connectivity index (χ1) is 8.88. The monoisotopic (exact) mass is 270 g/mol. The number of carboxylic acids is 1. The summed E-state index contributed by atoms with van der Waals surface area (Å²) in [5.74, 6) is 0.797. The van der Waals surface area contributed by atoms with E-state index in [4.69, 9.17) is 5.11 Å². The van der Waals surface area contributed by atoms with Crippen molar-refractivity contribution in [1.29, 1.82) is 0 Å². The van der Waals surface area contributed by atoms with Gasteiger partial charge in [-0.2, -0.15) is 0 Å². The third kappa shape index (κ3) is 3.37. The van der Waals surface area contributed by atoms with E-state index in [9.17, 15) is 14.7 Å². The number of hydrogen-bond acceptors (Lipinski definition) is 3. The number of hydrogen-bond donors (Lipinski definition) is 4. The predicted octanol–water partition coefficient (Wildman–Crippen LogP) is 0.557. The van der Waals surface area contributed by atoms with Crippen LogP contribution in [0.15, 0.2) is 0 Å². The first kappa shape index (κ1) is 14.1. The van der Waals surface area contributed by atoms with Crippen LogP contribution in [0.4, 0.5) is 4.79 Å². The molecule has 2 aliphatic rings. The van der Waals surface area contributed by atoms with Gasteiger partial charge >= 0.3 is 12.0 Å². The first-order valence-electron chi connectivity index (χ1n) is 6.86. The van der Waals surface area contributed by atoms with E-state index in [1.54, 1.807) is 0 Å². The number of carboxylic acid groups (broad SMARTS) is 1. The highest BCUT2D eigenvalue weighted by Gasteiger charge is 2.39. The molecule has 2 saturated carbocycles. The molecule has 0 aromatic carbocycles. The van der Waals surface area contributed by atoms with Crippen LogP contribution in [0, 0.1) is 17.8 Å². The average Bonchev–Trinajstić information content (AvgIpc) is 2.95. The van der Waals surface area contributed by atoms with E-state index in [1.807, 2.05) is 0 Å². The molecule has 108 valence electrons. The smallest absolute Gasteiger partial charge is 0.337 e. The van der Waals surface area contributed by atoms with Crippen molar-refractivity contribution in [2.75, 3.05) is 13.1 Å². The minimum Gasteiger partial charge on any atom is -0.479 e. The zero-order valence-corrected chi connectivity index (χ0v) is 11.2. The Morgan fingerprint density at radius 3 is 2.53 bits per heavy atom. The van der Waals surface area contributed by atoms with E-state index in [0.717, 1.165) is 18.8 Å². The summed E-state index contributed by atoms with van der Waals surface area (Å²) >= 11 is 0. The van der Waals surface area contributed by atoms with Crippen molar-refractivity contribution in [3.05, 3.63) is 0 Å². The Balaban J connectivity index is 1.66. The van der Waals surface area contributed by atoms with E-state index in [0.29, 0.717) is 12.5 Å². The summed E-state index contributed by atoms with van der Waals surface area (Å²) in [7, 11) is 0. The van der Waals surface area contributed by atoms with Gasteiger partial charge in [0.05, 0.1) is 6.54 Å². The van der Waals surface area contributed by atoms with E-state index >= 15 is 0 Å². The molecule has 2 bridgehead atoms. The largest absolute Gasteiger partial charge is 0.479 e. The van der Waals surface area contributed by atoms with Gasteiger partial charge in [-0.15, -0.1) is 0 Å². The summed E-state index contributed by atoms with van der Waals surface area (Å²) < 4.78 is 0. The van der Waals surface area contributed by atoms with Gasteiger partial charge in [-0.05, 0) is 43.9 Å². The quantitative estimate of drug-likeness (QED) is 0.586. The highest BCUT2D eigenvalue weighted by molar-refractivity contribution is 5.79. The van der Waals surface area contributed by atoms with Crippen molar-refractivity contribution >= 4 is 12.0 Å². The molecule has 0 aromatic rings. The first-order valence-corrected chi connectivity index (χ1v) is 6.86. The molecule has 0 radical (unpaired) electrons. The molecule has 2 rings (SSSR count). The summed E-state index contributed by atoms with van der Waals surface area (Å²) in [6.07, 6.45) is 5.08. The van der Waals surface area contributed by atoms with Gasteiger partial charge < -0.3 is 20.8 Å². The molecule has 0 heterocycles. The van der Waals surface area contributed by atoms with E-state index in [2.05, 4.69) is 10.6 Å². The third-order valence-corrected chi connectivity index (χ3v) is 4.46. The molecule has 4 unspecified atom stereocenters. The maximum Gasteiger partial charge on any atom is 0.337 e. The second-order valence-corrected chi connectivity index (χ2v) is 6.08. The lowest BCUT2D eigenvalue weighted by Gasteiger charge is -2.23. The fourth-order valence-electron chi connectivity index (χ4n) is 3.24. The van der Waals surface area contributed by atoms with Gasteiger partial charge in [0.15, 0.2) is 5.60 Å². The molecule has 6 heteroatoms. The highest BCUT2D eigenvalue weighted by Crippen LogP contribution is 2.47. The Hall–Kier alpha value is -1.30. The van der Waals surface area contributed by atoms with Gasteiger partial charge in [-0.25, -0.2) is 9.59 Å². The van der Waals surface area contributed by atoms with Crippen LogP contribution in [0.2, 0.25) is 0 Å². The maximum absolute atomic E-state index is 11.5. The molecule has 4 N–H and O–H groups in total. The van der Waals surface area contributed by atoms with Crippen molar-refractivity contribution in [3.63, 3.8) is 0 Å². The minimum atomic E-state index is -1.93. The Labute approximate surface area is 112 Å². The van der Waals surface area contributed by atoms with Gasteiger partial charge in [-0.3, -0.25) is 0 Å². The van der Waals surface area contributed by atoms with Crippen LogP contribution in [-0.2, 0) is 4.79 Å². The summed E-state index contributed by atoms with van der Waals surface area (Å²) in [5.41, 5.74) is -1.93. The number of urea groups is 1. The fraction of sp³-hybridized carbons (Fsp3) is 0.846. The van der Waals surface area contributed by atoms with Gasteiger partial charge in [-0.1, -0.05) is 6.42 Å². The molecule has 0 spiro atoms. The summed E-state index contributed by atoms with van der Waals surface area (Å²) in [6.45, 7) is 1.50. The number of amides is 2. The number of aliphatic carboxylic acids is 1. The minimum absolute atomic E-state index is 0.301. The molecule has 0 saturated heterocycles. The molecule has 0 aromatic heterocycles. The third-order valence-electron chi connectivity index (χ3n) is 4.46. The van der Waals surface area contributed by atoms with Gasteiger partial charge in [0.2, 0.25) is 0 Å². The SMILES string of the molecule is CC(O)(CNC(=O)NCC1CC2CCC1C2)C(=O)O. The number of carbonyl (C=O) groups excluding carboxylic acids is 1. The van der Waals surface area contributed by atoms with Crippen molar-refractivity contribution in [2.24, 2.45) is 17.8 Å². The molecule has 2 fully saturated rings. The van der Waals surface area contributed by atoms with Crippen LogP contribution < -0.4 is 10.6 Å². The lowest BCUT2D eigenvalue weighted by Crippen LogP contribution is -2.49. The maximum atomic E-state index is 11.5. The lowest BCUT2D eigenvalue weighted by atomic mass is 9.89. The fourth-order valence-corrected chi connectivity index (χ4v) is 3.24. The van der Waals surface area contributed by atoms with Crippen molar-refractivity contribution in [3.8, 4) is 0 Å². The van der Waals surface area contributed by atoms with Crippen molar-refractivity contribution < 1.29 is 19.8 Å². The summed E-state index contributed by atoms with van der Waals surface area (Å²) in [4.78, 5) is 22.2. The van der Waals surface area contributed by atoms with Crippen LogP contribution in [0.3, 0.4) is 0 Å². The number of carbonyl (C=O) groups is 2. The second kappa shape index (κ2) is 5.36. The van der Waals surface area contributed by atoms with Gasteiger partial charge in [0.1, 0.15) is 0 Å².